The molecule has 0 aromatic carbocycles. The molecule has 23 heavy (non-hydrogen) atoms. The highest BCUT2D eigenvalue weighted by atomic mass is 16.6. The topological polar surface area (TPSA) is 87.0 Å². The Morgan fingerprint density at radius 1 is 1.22 bits per heavy atom. The molecule has 0 spiro atoms. The highest BCUT2D eigenvalue weighted by Gasteiger charge is 2.45. The minimum absolute atomic E-state index is 0.0975. The van der Waals surface area contributed by atoms with Crippen molar-refractivity contribution in [2.45, 2.75) is 50.9 Å². The van der Waals surface area contributed by atoms with Crippen LogP contribution in [-0.4, -0.2) is 34.0 Å². The van der Waals surface area contributed by atoms with E-state index in [9.17, 15) is 15.0 Å². The third-order valence-corrected chi connectivity index (χ3v) is 5.93. The van der Waals surface area contributed by atoms with E-state index in [1.807, 2.05) is 0 Å². The van der Waals surface area contributed by atoms with Crippen LogP contribution < -0.4 is 0 Å². The number of carbonyl (C=O) groups excluding carboxylic acids is 1. The molecule has 5 heteroatoms. The Kier molecular flexibility index (Phi) is 5.07. The quantitative estimate of drug-likeness (QED) is 0.421. The average molecular weight is 322 g/mol. The van der Waals surface area contributed by atoms with Crippen LogP contribution in [0.5, 0.6) is 0 Å². The summed E-state index contributed by atoms with van der Waals surface area (Å²) in [6.45, 7) is 0. The maximum Gasteiger partial charge on any atom is 0.158 e. The summed E-state index contributed by atoms with van der Waals surface area (Å²) < 4.78 is 5.66. The molecule has 1 saturated carbocycles. The van der Waals surface area contributed by atoms with Crippen LogP contribution >= 0.6 is 0 Å². The molecule has 3 rings (SSSR count). The molecule has 5 nitrogen and oxygen atoms in total. The van der Waals surface area contributed by atoms with Gasteiger partial charge in [-0.05, 0) is 56.3 Å². The predicted molar refractivity (Wildman–Crippen MR) is 84.6 cm³/mol. The van der Waals surface area contributed by atoms with Crippen LogP contribution in [0.2, 0.25) is 0 Å². The van der Waals surface area contributed by atoms with E-state index in [1.54, 1.807) is 0 Å². The van der Waals surface area contributed by atoms with Gasteiger partial charge in [-0.25, -0.2) is 0 Å². The Morgan fingerprint density at radius 2 is 2.04 bits per heavy atom. The van der Waals surface area contributed by atoms with E-state index < -0.39 is 24.1 Å². The van der Waals surface area contributed by atoms with E-state index in [4.69, 9.17) is 9.84 Å². The van der Waals surface area contributed by atoms with Crippen LogP contribution in [0.25, 0.3) is 0 Å². The zero-order chi connectivity index (χ0) is 16.4. The summed E-state index contributed by atoms with van der Waals surface area (Å²) in [5, 5.41) is 29.0. The zero-order valence-electron chi connectivity index (χ0n) is 13.3. The fourth-order valence-electron chi connectivity index (χ4n) is 4.79. The van der Waals surface area contributed by atoms with Crippen LogP contribution in [0.1, 0.15) is 38.5 Å². The largest absolute Gasteiger partial charge is 0.512 e. The van der Waals surface area contributed by atoms with Crippen LogP contribution in [-0.2, 0) is 9.53 Å². The van der Waals surface area contributed by atoms with Crippen molar-refractivity contribution in [1.82, 2.24) is 0 Å². The number of aliphatic hydroxyl groups excluding tert-OH is 3. The van der Waals surface area contributed by atoms with Gasteiger partial charge < -0.3 is 24.9 Å². The van der Waals surface area contributed by atoms with Gasteiger partial charge >= 0.3 is 0 Å². The van der Waals surface area contributed by atoms with Crippen molar-refractivity contribution in [2.24, 2.45) is 29.6 Å². The summed E-state index contributed by atoms with van der Waals surface area (Å²) >= 11 is 0. The SMILES string of the molecule is O=C[C@@H](/C(O)=C/O)[C@H]1CC[C@@H](C2C[C@@H]3C=CCC[C@@H]2C3)C(O)O1. The molecule has 1 aliphatic heterocycles. The molecule has 0 radical (unpaired) electrons. The molecule has 3 aliphatic rings. The summed E-state index contributed by atoms with van der Waals surface area (Å²) in [6, 6.07) is 0. The van der Waals surface area contributed by atoms with Crippen molar-refractivity contribution in [3.63, 3.8) is 0 Å². The van der Waals surface area contributed by atoms with Gasteiger partial charge in [0.2, 0.25) is 0 Å². The molecule has 0 aromatic heterocycles. The first kappa shape index (κ1) is 16.5. The smallest absolute Gasteiger partial charge is 0.158 e. The minimum atomic E-state index is -0.912. The Labute approximate surface area is 136 Å². The third kappa shape index (κ3) is 3.31. The Balaban J connectivity index is 1.65. The van der Waals surface area contributed by atoms with Crippen LogP contribution in [0.15, 0.2) is 24.2 Å². The Bertz CT molecular complexity index is 486. The van der Waals surface area contributed by atoms with E-state index in [0.29, 0.717) is 36.7 Å². The van der Waals surface area contributed by atoms with E-state index in [0.717, 1.165) is 19.3 Å². The molecule has 3 N–H and O–H groups in total. The molecule has 1 saturated heterocycles. The molecular formula is C18H26O5. The van der Waals surface area contributed by atoms with E-state index in [1.165, 1.54) is 12.8 Å². The maximum atomic E-state index is 11.2. The number of hydrogen-bond acceptors (Lipinski definition) is 5. The first-order valence-electron chi connectivity index (χ1n) is 8.62. The summed E-state index contributed by atoms with van der Waals surface area (Å²) in [4.78, 5) is 11.2. The van der Waals surface area contributed by atoms with Gasteiger partial charge in [-0.2, -0.15) is 0 Å². The summed E-state index contributed by atoms with van der Waals surface area (Å²) in [6.07, 6.45) is 10.2. The number of ether oxygens (including phenoxy) is 1. The minimum Gasteiger partial charge on any atom is -0.512 e. The van der Waals surface area contributed by atoms with Gasteiger partial charge in [-0.3, -0.25) is 0 Å². The van der Waals surface area contributed by atoms with Gasteiger partial charge in [-0.15, -0.1) is 0 Å². The molecule has 7 atom stereocenters. The van der Waals surface area contributed by atoms with E-state index in [-0.39, 0.29) is 5.92 Å². The third-order valence-electron chi connectivity index (χ3n) is 5.93. The van der Waals surface area contributed by atoms with Gasteiger partial charge in [0.15, 0.2) is 6.29 Å². The van der Waals surface area contributed by atoms with Crippen molar-refractivity contribution in [2.75, 3.05) is 0 Å². The number of aliphatic hydroxyl groups is 3. The van der Waals surface area contributed by atoms with Crippen molar-refractivity contribution in [1.29, 1.82) is 0 Å². The standard InChI is InChI=1S/C18H26O5/c19-9-15(16(21)10-20)17-6-5-13(18(22)23-17)14-8-11-3-1-2-4-12(14)7-11/h1,3,9-15,17-18,20-22H,2,4-8H2/b16-10-/t11-,12-,13+,14?,15+,17-,18?/m1/s1. The zero-order valence-corrected chi connectivity index (χ0v) is 13.3. The van der Waals surface area contributed by atoms with Crippen molar-refractivity contribution in [3.8, 4) is 0 Å². The van der Waals surface area contributed by atoms with Gasteiger partial charge in [0.25, 0.3) is 0 Å². The number of hydrogen-bond donors (Lipinski definition) is 3. The summed E-state index contributed by atoms with van der Waals surface area (Å²) in [5.74, 6) is 0.514. The van der Waals surface area contributed by atoms with Crippen molar-refractivity contribution in [3.05, 3.63) is 24.2 Å². The Hall–Kier alpha value is -1.33. The molecule has 0 amide bonds. The van der Waals surface area contributed by atoms with E-state index >= 15 is 0 Å². The lowest BCUT2D eigenvalue weighted by atomic mass is 9.76. The lowest BCUT2D eigenvalue weighted by Gasteiger charge is -2.40. The van der Waals surface area contributed by atoms with Crippen molar-refractivity contribution < 1.29 is 24.9 Å². The van der Waals surface area contributed by atoms with Gasteiger partial charge in [0, 0.05) is 5.92 Å². The number of fused-ring (bicyclic) bond motifs is 2. The first-order valence-corrected chi connectivity index (χ1v) is 8.62. The lowest BCUT2D eigenvalue weighted by molar-refractivity contribution is -0.215. The van der Waals surface area contributed by atoms with Gasteiger partial charge in [-0.1, -0.05) is 12.2 Å². The monoisotopic (exact) mass is 322 g/mol. The molecular weight excluding hydrogens is 296 g/mol. The predicted octanol–water partition coefficient (Wildman–Crippen LogP) is 2.86. The molecule has 0 aromatic rings. The second kappa shape index (κ2) is 7.05. The number of rotatable bonds is 4. The number of carbonyl (C=O) groups is 1. The van der Waals surface area contributed by atoms with Crippen molar-refractivity contribution >= 4 is 6.29 Å². The van der Waals surface area contributed by atoms with Gasteiger partial charge in [0.1, 0.15) is 24.2 Å². The molecule has 2 aliphatic carbocycles. The van der Waals surface area contributed by atoms with Crippen LogP contribution in [0.3, 0.4) is 0 Å². The highest BCUT2D eigenvalue weighted by molar-refractivity contribution is 5.58. The highest BCUT2D eigenvalue weighted by Crippen LogP contribution is 2.49. The second-order valence-corrected chi connectivity index (χ2v) is 7.18. The normalized spacial score (nSPS) is 42.2. The second-order valence-electron chi connectivity index (χ2n) is 7.18. The molecule has 2 unspecified atom stereocenters. The van der Waals surface area contributed by atoms with Gasteiger partial charge in [0.05, 0.1) is 6.10 Å². The summed E-state index contributed by atoms with van der Waals surface area (Å²) in [5.41, 5.74) is 0. The van der Waals surface area contributed by atoms with Crippen LogP contribution in [0.4, 0.5) is 0 Å². The molecule has 2 fully saturated rings. The number of allylic oxidation sites excluding steroid dienone is 2. The van der Waals surface area contributed by atoms with E-state index in [2.05, 4.69) is 12.2 Å². The lowest BCUT2D eigenvalue weighted by Crippen LogP contribution is -2.43. The molecule has 128 valence electrons. The number of aldehydes is 1. The molecule has 1 heterocycles. The fraction of sp³-hybridized carbons (Fsp3) is 0.722. The average Bonchev–Trinajstić information content (AvgIpc) is 2.78. The first-order chi connectivity index (χ1) is 11.1. The van der Waals surface area contributed by atoms with Crippen LogP contribution in [0, 0.1) is 29.6 Å². The summed E-state index contributed by atoms with van der Waals surface area (Å²) in [7, 11) is 0. The molecule has 2 bridgehead atoms. The Morgan fingerprint density at radius 3 is 2.74 bits per heavy atom. The fourth-order valence-corrected chi connectivity index (χ4v) is 4.79. The maximum absolute atomic E-state index is 11.2.